The van der Waals surface area contributed by atoms with Crippen molar-refractivity contribution in [3.63, 3.8) is 0 Å². The fraction of sp³-hybridized carbons (Fsp3) is 0.455. The molecule has 1 fully saturated rings. The quantitative estimate of drug-likeness (QED) is 0.654. The van der Waals surface area contributed by atoms with Gasteiger partial charge >= 0.3 is 7.12 Å². The zero-order chi connectivity index (χ0) is 22.2. The Morgan fingerprint density at radius 2 is 1.63 bits per heavy atom. The van der Waals surface area contributed by atoms with Crippen LogP contribution in [0.25, 0.3) is 0 Å². The third-order valence-electron chi connectivity index (χ3n) is 6.01. The van der Waals surface area contributed by atoms with Crippen LogP contribution in [-0.4, -0.2) is 45.5 Å². The van der Waals surface area contributed by atoms with Crippen molar-refractivity contribution in [3.8, 4) is 0 Å². The Balaban J connectivity index is 1.77. The SMILES string of the molecule is CNC(CO)c1cccc(CS(=O)(=O)c2ccc(B3OC(C)(C)C(C)(C)O3)cc2)c1. The van der Waals surface area contributed by atoms with Crippen molar-refractivity contribution in [1.82, 2.24) is 5.32 Å². The first-order valence-corrected chi connectivity index (χ1v) is 11.7. The van der Waals surface area contributed by atoms with Gasteiger partial charge < -0.3 is 19.7 Å². The number of aliphatic hydroxyl groups excluding tert-OH is 1. The number of benzene rings is 2. The van der Waals surface area contributed by atoms with Crippen LogP contribution in [-0.2, 0) is 24.9 Å². The van der Waals surface area contributed by atoms with Crippen molar-refractivity contribution in [2.24, 2.45) is 0 Å². The maximum atomic E-state index is 12.9. The molecule has 1 saturated heterocycles. The summed E-state index contributed by atoms with van der Waals surface area (Å²) in [6, 6.07) is 13.7. The number of hydrogen-bond acceptors (Lipinski definition) is 6. The zero-order valence-electron chi connectivity index (χ0n) is 18.2. The van der Waals surface area contributed by atoms with Crippen LogP contribution in [0, 0.1) is 0 Å². The lowest BCUT2D eigenvalue weighted by atomic mass is 9.79. The molecule has 0 saturated carbocycles. The molecule has 30 heavy (non-hydrogen) atoms. The van der Waals surface area contributed by atoms with Crippen LogP contribution in [0.4, 0.5) is 0 Å². The van der Waals surface area contributed by atoms with E-state index in [1.54, 1.807) is 37.4 Å². The molecule has 2 N–H and O–H groups in total. The molecule has 2 aromatic carbocycles. The lowest BCUT2D eigenvalue weighted by molar-refractivity contribution is 0.00578. The molecular formula is C22H30BNO5S. The second-order valence-electron chi connectivity index (χ2n) is 8.69. The molecule has 6 nitrogen and oxygen atoms in total. The van der Waals surface area contributed by atoms with Gasteiger partial charge in [0.1, 0.15) is 0 Å². The first kappa shape index (κ1) is 23.0. The Morgan fingerprint density at radius 3 is 2.17 bits per heavy atom. The fourth-order valence-corrected chi connectivity index (χ4v) is 4.71. The molecule has 0 amide bonds. The second-order valence-corrected chi connectivity index (χ2v) is 10.7. The van der Waals surface area contributed by atoms with Crippen LogP contribution < -0.4 is 10.8 Å². The van der Waals surface area contributed by atoms with E-state index in [1.807, 2.05) is 45.9 Å². The highest BCUT2D eigenvalue weighted by atomic mass is 32.2. The first-order chi connectivity index (χ1) is 14.0. The van der Waals surface area contributed by atoms with E-state index >= 15 is 0 Å². The van der Waals surface area contributed by atoms with Crippen molar-refractivity contribution in [3.05, 3.63) is 59.7 Å². The molecule has 0 radical (unpaired) electrons. The van der Waals surface area contributed by atoms with Gasteiger partial charge in [-0.1, -0.05) is 36.4 Å². The highest BCUT2D eigenvalue weighted by Crippen LogP contribution is 2.36. The van der Waals surface area contributed by atoms with Gasteiger partial charge in [-0.15, -0.1) is 0 Å². The Kier molecular flexibility index (Phi) is 6.46. The summed E-state index contributed by atoms with van der Waals surface area (Å²) in [6.45, 7) is 7.86. The van der Waals surface area contributed by atoms with E-state index < -0.39 is 28.2 Å². The molecule has 2 aromatic rings. The number of likely N-dealkylation sites (N-methyl/N-ethyl adjacent to an activating group) is 1. The van der Waals surface area contributed by atoms with Gasteiger partial charge in [0, 0.05) is 0 Å². The van der Waals surface area contributed by atoms with E-state index in [9.17, 15) is 13.5 Å². The van der Waals surface area contributed by atoms with Gasteiger partial charge in [0.15, 0.2) is 9.84 Å². The van der Waals surface area contributed by atoms with Gasteiger partial charge in [0.2, 0.25) is 0 Å². The lowest BCUT2D eigenvalue weighted by Crippen LogP contribution is -2.41. The molecule has 1 aliphatic rings. The van der Waals surface area contributed by atoms with E-state index in [2.05, 4.69) is 5.32 Å². The minimum Gasteiger partial charge on any atom is -0.399 e. The smallest absolute Gasteiger partial charge is 0.399 e. The Hall–Kier alpha value is -1.71. The Labute approximate surface area is 179 Å². The standard InChI is InChI=1S/C22H30BNO5S/c1-21(2)22(3,4)29-23(28-21)18-9-11-19(12-10-18)30(26,27)15-16-7-6-8-17(13-16)20(14-25)24-5/h6-13,20,24-25H,14-15H2,1-5H3. The van der Waals surface area contributed by atoms with E-state index in [0.29, 0.717) is 5.56 Å². The van der Waals surface area contributed by atoms with Crippen LogP contribution >= 0.6 is 0 Å². The van der Waals surface area contributed by atoms with E-state index in [-0.39, 0.29) is 23.3 Å². The van der Waals surface area contributed by atoms with E-state index in [0.717, 1.165) is 11.0 Å². The Morgan fingerprint density at radius 1 is 1.03 bits per heavy atom. The molecule has 1 unspecified atom stereocenters. The zero-order valence-corrected chi connectivity index (χ0v) is 19.0. The summed E-state index contributed by atoms with van der Waals surface area (Å²) in [6.07, 6.45) is 0. The van der Waals surface area contributed by atoms with Gasteiger partial charge in [0.05, 0.1) is 34.5 Å². The molecule has 162 valence electrons. The molecule has 0 aromatic heterocycles. The molecule has 0 spiro atoms. The molecule has 1 atom stereocenters. The van der Waals surface area contributed by atoms with Gasteiger partial charge in [-0.25, -0.2) is 8.42 Å². The Bertz CT molecular complexity index is 969. The maximum absolute atomic E-state index is 12.9. The average Bonchev–Trinajstić information content (AvgIpc) is 2.90. The molecule has 1 heterocycles. The van der Waals surface area contributed by atoms with E-state index in [1.165, 1.54) is 0 Å². The van der Waals surface area contributed by atoms with Crippen LogP contribution in [0.5, 0.6) is 0 Å². The molecule has 3 rings (SSSR count). The van der Waals surface area contributed by atoms with Crippen LogP contribution in [0.1, 0.15) is 44.9 Å². The highest BCUT2D eigenvalue weighted by Gasteiger charge is 2.51. The number of hydrogen-bond donors (Lipinski definition) is 2. The predicted molar refractivity (Wildman–Crippen MR) is 118 cm³/mol. The summed E-state index contributed by atoms with van der Waals surface area (Å²) in [5.41, 5.74) is 1.41. The van der Waals surface area contributed by atoms with Gasteiger partial charge in [-0.2, -0.15) is 0 Å². The predicted octanol–water partition coefficient (Wildman–Crippen LogP) is 2.21. The summed E-state index contributed by atoms with van der Waals surface area (Å²) in [5.74, 6) is -0.113. The van der Waals surface area contributed by atoms with Crippen LogP contribution in [0.15, 0.2) is 53.4 Å². The molecule has 1 aliphatic heterocycles. The van der Waals surface area contributed by atoms with Gasteiger partial charge in [-0.3, -0.25) is 0 Å². The van der Waals surface area contributed by atoms with Crippen molar-refractivity contribution >= 4 is 22.4 Å². The third kappa shape index (κ3) is 4.63. The monoisotopic (exact) mass is 431 g/mol. The van der Waals surface area contributed by atoms with E-state index in [4.69, 9.17) is 9.31 Å². The van der Waals surface area contributed by atoms with Crippen molar-refractivity contribution < 1.29 is 22.8 Å². The largest absolute Gasteiger partial charge is 0.494 e. The van der Waals surface area contributed by atoms with Crippen LogP contribution in [0.2, 0.25) is 0 Å². The molecular weight excluding hydrogens is 401 g/mol. The fourth-order valence-electron chi connectivity index (χ4n) is 3.38. The van der Waals surface area contributed by atoms with Crippen molar-refractivity contribution in [2.75, 3.05) is 13.7 Å². The summed E-state index contributed by atoms with van der Waals surface area (Å²) in [4.78, 5) is 0.250. The third-order valence-corrected chi connectivity index (χ3v) is 7.71. The minimum atomic E-state index is -3.52. The first-order valence-electron chi connectivity index (χ1n) is 10.0. The topological polar surface area (TPSA) is 84.9 Å². The van der Waals surface area contributed by atoms with Crippen molar-refractivity contribution in [2.45, 2.75) is 55.6 Å². The van der Waals surface area contributed by atoms with Gasteiger partial charge in [-0.05, 0) is 63.5 Å². The summed E-state index contributed by atoms with van der Waals surface area (Å²) >= 11 is 0. The number of aliphatic hydroxyl groups is 1. The summed E-state index contributed by atoms with van der Waals surface area (Å²) < 4.78 is 37.9. The van der Waals surface area contributed by atoms with Crippen molar-refractivity contribution in [1.29, 1.82) is 0 Å². The lowest BCUT2D eigenvalue weighted by Gasteiger charge is -2.32. The summed E-state index contributed by atoms with van der Waals surface area (Å²) in [7, 11) is -2.29. The molecule has 0 aliphatic carbocycles. The normalized spacial score (nSPS) is 19.1. The summed E-state index contributed by atoms with van der Waals surface area (Å²) in [5, 5.41) is 12.5. The number of nitrogens with one attached hydrogen (secondary N) is 1. The molecule has 8 heteroatoms. The van der Waals surface area contributed by atoms with Crippen LogP contribution in [0.3, 0.4) is 0 Å². The minimum absolute atomic E-state index is 0.0624. The second kappa shape index (κ2) is 8.44. The maximum Gasteiger partial charge on any atom is 0.494 e. The molecule has 0 bridgehead atoms. The number of rotatable bonds is 7. The van der Waals surface area contributed by atoms with Gasteiger partial charge in [0.25, 0.3) is 0 Å². The number of sulfone groups is 1. The highest BCUT2D eigenvalue weighted by molar-refractivity contribution is 7.90. The average molecular weight is 431 g/mol.